The first-order valence-electron chi connectivity index (χ1n) is 14.3. The minimum atomic E-state index is -5.90. The van der Waals surface area contributed by atoms with Gasteiger partial charge in [0.05, 0.1) is 27.4 Å². The Hall–Kier alpha value is -2.79. The number of carbonyl (C=O) groups excluding carboxylic acids is 3. The van der Waals surface area contributed by atoms with E-state index < -0.39 is 84.6 Å². The first-order chi connectivity index (χ1) is 23.0. The maximum absolute atomic E-state index is 12.4. The number of amides is 2. The number of hydrogen-bond acceptors (Lipinski definition) is 21. The molecule has 50 heavy (non-hydrogen) atoms. The molecule has 3 rings (SSSR count). The van der Waals surface area contributed by atoms with Crippen LogP contribution in [0.4, 0.5) is 5.82 Å². The number of imidazole rings is 1. The number of phosphoric ester groups is 3. The van der Waals surface area contributed by atoms with Gasteiger partial charge in [0, 0.05) is 31.3 Å². The van der Waals surface area contributed by atoms with Gasteiger partial charge < -0.3 is 69.0 Å². The van der Waals surface area contributed by atoms with Crippen molar-refractivity contribution in [2.75, 3.05) is 32.0 Å². The summed E-state index contributed by atoms with van der Waals surface area (Å²) in [7, 11) is -17.6. The summed E-state index contributed by atoms with van der Waals surface area (Å²) in [5.74, 6) is -1.72. The molecule has 24 nitrogen and oxygen atoms in total. The minimum Gasteiger partial charge on any atom is -0.790 e. The van der Waals surface area contributed by atoms with Crippen LogP contribution in [0.2, 0.25) is 0 Å². The number of phosphoric acid groups is 3. The number of aliphatic hydroxyl groups excluding tert-OH is 2. The molecule has 27 heteroatoms. The van der Waals surface area contributed by atoms with E-state index in [9.17, 15) is 57.9 Å². The third-order valence-corrected chi connectivity index (χ3v) is 9.86. The number of ether oxygens (including phenoxy) is 1. The summed E-state index contributed by atoms with van der Waals surface area (Å²) in [5, 5.41) is 25.9. The molecule has 1 aliphatic heterocycles. The number of aromatic nitrogens is 4. The Morgan fingerprint density at radius 2 is 1.70 bits per heavy atom. The van der Waals surface area contributed by atoms with Gasteiger partial charge >= 0.3 is 0 Å². The molecule has 2 amide bonds. The fraction of sp³-hybridized carbons (Fsp3) is 0.652. The molecule has 0 radical (unpaired) electrons. The molecular formula is C23H34N7O17P3-4. The molecule has 2 aromatic heterocycles. The highest BCUT2D eigenvalue weighted by Gasteiger charge is 2.47. The lowest BCUT2D eigenvalue weighted by atomic mass is 9.87. The summed E-state index contributed by atoms with van der Waals surface area (Å²) in [5.41, 5.74) is 4.06. The summed E-state index contributed by atoms with van der Waals surface area (Å²) >= 11 is 0. The number of hydrogen-bond donors (Lipinski definition) is 5. The average Bonchev–Trinajstić information content (AvgIpc) is 3.54. The van der Waals surface area contributed by atoms with Crippen LogP contribution < -0.4 is 35.9 Å². The second-order valence-electron chi connectivity index (χ2n) is 11.4. The summed E-state index contributed by atoms with van der Waals surface area (Å²) in [4.78, 5) is 94.2. The topological polar surface area (TPSA) is 375 Å². The van der Waals surface area contributed by atoms with Crippen molar-refractivity contribution in [3.8, 4) is 0 Å². The van der Waals surface area contributed by atoms with Crippen LogP contribution in [0.5, 0.6) is 0 Å². The number of Topliss-reactive ketones (excluding diaryl/α,β-unsaturated/α-hetero) is 1. The fourth-order valence-corrected chi connectivity index (χ4v) is 7.03. The molecule has 0 saturated carbocycles. The van der Waals surface area contributed by atoms with Crippen molar-refractivity contribution < 1.29 is 80.5 Å². The number of nitrogens with one attached hydrogen (secondary N) is 2. The zero-order valence-corrected chi connectivity index (χ0v) is 29.2. The minimum absolute atomic E-state index is 0.0213. The SMILES string of the molecule is CC(=O)CCNC(=O)CCNC(=O)C(O)C(C)(C)COP(=O)([O-])OP(=O)([O-])OCC1OC(n2cnc3c(N)ncnc32)C(O)C1OP(=O)([O-])[O-]. The van der Waals surface area contributed by atoms with E-state index in [1.807, 2.05) is 0 Å². The van der Waals surface area contributed by atoms with E-state index in [4.69, 9.17) is 10.5 Å². The van der Waals surface area contributed by atoms with Crippen LogP contribution in [-0.4, -0.2) is 98.0 Å². The normalized spacial score (nSPS) is 22.8. The Balaban J connectivity index is 1.57. The number of rotatable bonds is 19. The molecule has 0 bridgehead atoms. The molecule has 0 spiro atoms. The second-order valence-corrected chi connectivity index (χ2v) is 15.5. The largest absolute Gasteiger partial charge is 0.790 e. The third kappa shape index (κ3) is 11.9. The van der Waals surface area contributed by atoms with E-state index in [2.05, 4.69) is 43.5 Å². The smallest absolute Gasteiger partial charge is 0.274 e. The van der Waals surface area contributed by atoms with E-state index in [0.29, 0.717) is 0 Å². The number of nitrogen functional groups attached to an aromatic ring is 1. The van der Waals surface area contributed by atoms with Gasteiger partial charge in [-0.2, -0.15) is 0 Å². The molecule has 1 fully saturated rings. The number of carbonyl (C=O) groups is 3. The van der Waals surface area contributed by atoms with Crippen LogP contribution >= 0.6 is 23.5 Å². The van der Waals surface area contributed by atoms with Gasteiger partial charge in [0.15, 0.2) is 17.7 Å². The van der Waals surface area contributed by atoms with Gasteiger partial charge in [-0.1, -0.05) is 13.8 Å². The van der Waals surface area contributed by atoms with Gasteiger partial charge in [0.25, 0.3) is 15.6 Å². The van der Waals surface area contributed by atoms with Crippen LogP contribution in [0.25, 0.3) is 11.2 Å². The van der Waals surface area contributed by atoms with Crippen molar-refractivity contribution in [1.29, 1.82) is 0 Å². The maximum atomic E-state index is 12.4. The highest BCUT2D eigenvalue weighted by molar-refractivity contribution is 7.59. The number of ketones is 1. The van der Waals surface area contributed by atoms with Crippen LogP contribution in [-0.2, 0) is 50.7 Å². The third-order valence-electron chi connectivity index (χ3n) is 6.85. The predicted octanol–water partition coefficient (Wildman–Crippen LogP) is -4.14. The fourth-order valence-electron chi connectivity index (χ4n) is 4.29. The molecule has 7 atom stereocenters. The average molecular weight is 773 g/mol. The van der Waals surface area contributed by atoms with E-state index >= 15 is 0 Å². The Morgan fingerprint density at radius 3 is 2.34 bits per heavy atom. The summed E-state index contributed by atoms with van der Waals surface area (Å²) in [6.45, 7) is 1.33. The monoisotopic (exact) mass is 773 g/mol. The quantitative estimate of drug-likeness (QED) is 0.0846. The Labute approximate surface area is 283 Å². The van der Waals surface area contributed by atoms with Gasteiger partial charge in [0.1, 0.15) is 42.0 Å². The molecule has 0 aromatic carbocycles. The highest BCUT2D eigenvalue weighted by atomic mass is 31.3. The van der Waals surface area contributed by atoms with Gasteiger partial charge in [-0.3, -0.25) is 28.1 Å². The summed E-state index contributed by atoms with van der Waals surface area (Å²) < 4.78 is 60.1. The van der Waals surface area contributed by atoms with Crippen molar-refractivity contribution in [2.45, 2.75) is 64.3 Å². The van der Waals surface area contributed by atoms with E-state index in [0.717, 1.165) is 17.2 Å². The van der Waals surface area contributed by atoms with Gasteiger partial charge in [-0.25, -0.2) is 19.3 Å². The Kier molecular flexibility index (Phi) is 13.9. The van der Waals surface area contributed by atoms with E-state index in [1.54, 1.807) is 0 Å². The van der Waals surface area contributed by atoms with E-state index in [1.165, 1.54) is 20.8 Å². The maximum Gasteiger partial charge on any atom is 0.274 e. The van der Waals surface area contributed by atoms with Gasteiger partial charge in [-0.05, 0) is 6.92 Å². The van der Waals surface area contributed by atoms with Crippen LogP contribution in [0, 0.1) is 5.41 Å². The molecule has 6 N–H and O–H groups in total. The lowest BCUT2D eigenvalue weighted by Crippen LogP contribution is -2.46. The van der Waals surface area contributed by atoms with Gasteiger partial charge in [-0.15, -0.1) is 0 Å². The number of anilines is 1. The van der Waals surface area contributed by atoms with Crippen LogP contribution in [0.15, 0.2) is 12.7 Å². The predicted molar refractivity (Wildman–Crippen MR) is 156 cm³/mol. The molecule has 1 saturated heterocycles. The summed E-state index contributed by atoms with van der Waals surface area (Å²) in [6.07, 6.45) is -7.46. The standard InChI is InChI=1S/C23H38N7O17P3/c1-12(31)4-6-25-14(32)5-7-26-21(35)18(34)23(2,3)9-44-50(41,42)47-49(39,40)43-8-13-17(46-48(36,37)38)16(33)22(45-13)30-11-29-15-19(24)27-10-28-20(15)30/h10-11,13,16-18,22,33-34H,4-9H2,1-3H3,(H,25,32)(H,26,35)(H,39,40)(H,41,42)(H2,24,27,28)(H2,36,37,38)/p-4. The lowest BCUT2D eigenvalue weighted by Gasteiger charge is -2.36. The lowest BCUT2D eigenvalue weighted by molar-refractivity contribution is -0.347. The number of nitrogens with zero attached hydrogens (tertiary/aromatic N) is 4. The molecular weight excluding hydrogens is 739 g/mol. The molecule has 3 heterocycles. The Morgan fingerprint density at radius 1 is 1.06 bits per heavy atom. The second kappa shape index (κ2) is 16.7. The van der Waals surface area contributed by atoms with E-state index in [-0.39, 0.29) is 48.7 Å². The zero-order chi connectivity index (χ0) is 37.7. The number of aliphatic hydroxyl groups is 2. The molecule has 282 valence electrons. The van der Waals surface area contributed by atoms with Crippen molar-refractivity contribution in [3.63, 3.8) is 0 Å². The molecule has 0 aliphatic carbocycles. The highest BCUT2D eigenvalue weighted by Crippen LogP contribution is 2.56. The number of fused-ring (bicyclic) bond motifs is 1. The first kappa shape index (κ1) is 41.6. The van der Waals surface area contributed by atoms with Gasteiger partial charge in [0.2, 0.25) is 11.8 Å². The van der Waals surface area contributed by atoms with Crippen LogP contribution in [0.3, 0.4) is 0 Å². The number of nitrogens with two attached hydrogens (primary N) is 1. The summed E-state index contributed by atoms with van der Waals surface area (Å²) in [6, 6.07) is 0. The molecule has 7 unspecified atom stereocenters. The van der Waals surface area contributed by atoms with Crippen molar-refractivity contribution in [1.82, 2.24) is 30.2 Å². The first-order valence-corrected chi connectivity index (χ1v) is 18.7. The Bertz CT molecular complexity index is 1690. The zero-order valence-electron chi connectivity index (χ0n) is 26.5. The molecule has 1 aliphatic rings. The van der Waals surface area contributed by atoms with Crippen molar-refractivity contribution in [2.24, 2.45) is 5.41 Å². The van der Waals surface area contributed by atoms with Crippen molar-refractivity contribution in [3.05, 3.63) is 12.7 Å². The van der Waals surface area contributed by atoms with Crippen LogP contribution in [0.1, 0.15) is 39.8 Å². The molecule has 2 aromatic rings. The van der Waals surface area contributed by atoms with Crippen molar-refractivity contribution >= 4 is 58.0 Å².